The molecule has 0 rings (SSSR count). The van der Waals surface area contributed by atoms with Gasteiger partial charge in [-0.2, -0.15) is 0 Å². The molecule has 1 unspecified atom stereocenters. The molecule has 0 aliphatic rings. The van der Waals surface area contributed by atoms with Crippen molar-refractivity contribution >= 4 is 15.0 Å². The van der Waals surface area contributed by atoms with E-state index < -0.39 is 0 Å². The van der Waals surface area contributed by atoms with E-state index in [1.165, 1.54) is 22.6 Å². The quantitative estimate of drug-likeness (QED) is 0.526. The summed E-state index contributed by atoms with van der Waals surface area (Å²) in [5.74, 6) is 0. The fraction of sp³-hybridized carbons (Fsp3) is 0.833. The van der Waals surface area contributed by atoms with Crippen LogP contribution in [0.1, 0.15) is 52.9 Å². The van der Waals surface area contributed by atoms with Gasteiger partial charge < -0.3 is 0 Å². The average Bonchev–Trinajstić information content (AvgIpc) is 2.17. The Hall–Kier alpha value is 0.219. The Balaban J connectivity index is 4.03. The summed E-state index contributed by atoms with van der Waals surface area (Å²) in [5, 5.41) is 11.1. The first-order valence-corrected chi connectivity index (χ1v) is 7.83. The summed E-state index contributed by atoms with van der Waals surface area (Å²) in [7, 11) is 0. The Morgan fingerprint density at radius 3 is 2.50 bits per heavy atom. The number of aliphatic hydroxyl groups excluding tert-OH is 1. The molecular formula is C12H24OSe. The van der Waals surface area contributed by atoms with Crippen LogP contribution in [0.15, 0.2) is 10.5 Å². The van der Waals surface area contributed by atoms with Gasteiger partial charge in [0.2, 0.25) is 0 Å². The number of hydrogen-bond donors (Lipinski definition) is 1. The summed E-state index contributed by atoms with van der Waals surface area (Å²) in [5.41, 5.74) is 0. The topological polar surface area (TPSA) is 20.2 Å². The summed E-state index contributed by atoms with van der Waals surface area (Å²) in [6.07, 6.45) is 7.78. The molecule has 0 fully saturated rings. The van der Waals surface area contributed by atoms with Gasteiger partial charge in [-0.05, 0) is 0 Å². The Labute approximate surface area is 95.1 Å². The Morgan fingerprint density at radius 2 is 2.00 bits per heavy atom. The molecule has 0 saturated heterocycles. The van der Waals surface area contributed by atoms with Crippen LogP contribution >= 0.6 is 0 Å². The van der Waals surface area contributed by atoms with E-state index in [0.29, 0.717) is 15.0 Å². The van der Waals surface area contributed by atoms with Crippen molar-refractivity contribution in [3.63, 3.8) is 0 Å². The second kappa shape index (κ2) is 9.76. The molecule has 1 N–H and O–H groups in total. The monoisotopic (exact) mass is 264 g/mol. The number of aliphatic hydroxyl groups is 1. The zero-order chi connectivity index (χ0) is 10.8. The van der Waals surface area contributed by atoms with Gasteiger partial charge in [-0.1, -0.05) is 0 Å². The normalized spacial score (nSPS) is 14.4. The predicted molar refractivity (Wildman–Crippen MR) is 64.8 cm³/mol. The third kappa shape index (κ3) is 6.64. The van der Waals surface area contributed by atoms with Crippen LogP contribution in [0, 0.1) is 0 Å². The van der Waals surface area contributed by atoms with Crippen molar-refractivity contribution in [3.05, 3.63) is 10.5 Å². The zero-order valence-electron chi connectivity index (χ0n) is 9.75. The van der Waals surface area contributed by atoms with Gasteiger partial charge in [-0.25, -0.2) is 0 Å². The molecular weight excluding hydrogens is 239 g/mol. The molecule has 0 radical (unpaired) electrons. The molecule has 0 aliphatic carbocycles. The van der Waals surface area contributed by atoms with E-state index in [1.54, 1.807) is 0 Å². The van der Waals surface area contributed by atoms with Crippen molar-refractivity contribution in [2.45, 2.75) is 64.3 Å². The Morgan fingerprint density at radius 1 is 1.29 bits per heavy atom. The number of allylic oxidation sites excluding steroid dienone is 1. The fourth-order valence-corrected chi connectivity index (χ4v) is 3.17. The SMILES string of the molecule is CCCC/C=C(\[Se]CC)C(O)CCC. The Kier molecular flexibility index (Phi) is 9.92. The van der Waals surface area contributed by atoms with Gasteiger partial charge in [0.15, 0.2) is 0 Å². The van der Waals surface area contributed by atoms with Gasteiger partial charge in [0.25, 0.3) is 0 Å². The molecule has 0 saturated carbocycles. The molecule has 0 bridgehead atoms. The second-order valence-electron chi connectivity index (χ2n) is 3.49. The van der Waals surface area contributed by atoms with Crippen molar-refractivity contribution < 1.29 is 5.11 Å². The van der Waals surface area contributed by atoms with E-state index in [9.17, 15) is 5.11 Å². The third-order valence-electron chi connectivity index (χ3n) is 2.10. The average molecular weight is 263 g/mol. The van der Waals surface area contributed by atoms with Crippen LogP contribution in [-0.4, -0.2) is 26.2 Å². The molecule has 0 aliphatic heterocycles. The number of rotatable bonds is 8. The standard InChI is InChI=1S/C12H24OSe/c1-4-7-8-10-12(14-6-3)11(13)9-5-2/h10-11,13H,4-9H2,1-3H3/b12-10-. The minimum absolute atomic E-state index is 0.156. The molecule has 14 heavy (non-hydrogen) atoms. The van der Waals surface area contributed by atoms with Crippen LogP contribution in [-0.2, 0) is 0 Å². The molecule has 2 heteroatoms. The molecule has 0 aromatic heterocycles. The zero-order valence-corrected chi connectivity index (χ0v) is 11.5. The van der Waals surface area contributed by atoms with E-state index in [0.717, 1.165) is 19.3 Å². The van der Waals surface area contributed by atoms with Crippen LogP contribution in [0.2, 0.25) is 5.32 Å². The molecule has 1 atom stereocenters. The van der Waals surface area contributed by atoms with Gasteiger partial charge >= 0.3 is 94.9 Å². The molecule has 0 aromatic carbocycles. The maximum absolute atomic E-state index is 9.89. The van der Waals surface area contributed by atoms with Gasteiger partial charge in [0.1, 0.15) is 0 Å². The second-order valence-corrected chi connectivity index (χ2v) is 6.29. The Bertz CT molecular complexity index is 154. The van der Waals surface area contributed by atoms with Crippen molar-refractivity contribution in [1.29, 1.82) is 0 Å². The first-order valence-electron chi connectivity index (χ1n) is 5.77. The third-order valence-corrected chi connectivity index (χ3v) is 4.33. The number of hydrogen-bond acceptors (Lipinski definition) is 1. The summed E-state index contributed by atoms with van der Waals surface area (Å²) < 4.78 is 1.33. The molecule has 1 nitrogen and oxygen atoms in total. The van der Waals surface area contributed by atoms with E-state index in [4.69, 9.17) is 0 Å². The summed E-state index contributed by atoms with van der Waals surface area (Å²) >= 11 is 0.516. The number of unbranched alkanes of at least 4 members (excludes halogenated alkanes) is 2. The molecule has 84 valence electrons. The van der Waals surface area contributed by atoms with Crippen molar-refractivity contribution in [1.82, 2.24) is 0 Å². The summed E-state index contributed by atoms with van der Waals surface area (Å²) in [4.78, 5) is 0. The van der Waals surface area contributed by atoms with Crippen LogP contribution < -0.4 is 0 Å². The van der Waals surface area contributed by atoms with Gasteiger partial charge in [-0.3, -0.25) is 0 Å². The summed E-state index contributed by atoms with van der Waals surface area (Å²) in [6.45, 7) is 6.54. The van der Waals surface area contributed by atoms with E-state index in [1.807, 2.05) is 0 Å². The maximum atomic E-state index is 9.89. The van der Waals surface area contributed by atoms with Crippen molar-refractivity contribution in [2.24, 2.45) is 0 Å². The fourth-order valence-electron chi connectivity index (χ4n) is 1.32. The summed E-state index contributed by atoms with van der Waals surface area (Å²) in [6, 6.07) is 0. The first kappa shape index (κ1) is 14.2. The van der Waals surface area contributed by atoms with Gasteiger partial charge in [-0.15, -0.1) is 0 Å². The van der Waals surface area contributed by atoms with Crippen molar-refractivity contribution in [2.75, 3.05) is 0 Å². The van der Waals surface area contributed by atoms with Crippen LogP contribution in [0.5, 0.6) is 0 Å². The van der Waals surface area contributed by atoms with Crippen molar-refractivity contribution in [3.8, 4) is 0 Å². The van der Waals surface area contributed by atoms with E-state index >= 15 is 0 Å². The predicted octanol–water partition coefficient (Wildman–Crippen LogP) is 3.36. The molecule has 0 amide bonds. The minimum atomic E-state index is -0.156. The van der Waals surface area contributed by atoms with Gasteiger partial charge in [0, 0.05) is 0 Å². The van der Waals surface area contributed by atoms with Gasteiger partial charge in [0.05, 0.1) is 0 Å². The van der Waals surface area contributed by atoms with E-state index in [-0.39, 0.29) is 6.10 Å². The molecule has 0 aromatic rings. The van der Waals surface area contributed by atoms with E-state index in [2.05, 4.69) is 26.8 Å². The molecule has 0 spiro atoms. The first-order chi connectivity index (χ1) is 6.76. The van der Waals surface area contributed by atoms with Crippen LogP contribution in [0.4, 0.5) is 0 Å². The van der Waals surface area contributed by atoms with Crippen LogP contribution in [0.3, 0.4) is 0 Å². The van der Waals surface area contributed by atoms with Crippen LogP contribution in [0.25, 0.3) is 0 Å². The molecule has 0 heterocycles.